The van der Waals surface area contributed by atoms with Crippen LogP contribution in [0.3, 0.4) is 0 Å². The molecule has 1 saturated carbocycles. The van der Waals surface area contributed by atoms with Crippen molar-refractivity contribution in [3.05, 3.63) is 12.2 Å². The van der Waals surface area contributed by atoms with Crippen LogP contribution >= 0.6 is 0 Å². The van der Waals surface area contributed by atoms with Crippen LogP contribution in [0, 0.1) is 23.2 Å². The Morgan fingerprint density at radius 2 is 2.00 bits per heavy atom. The van der Waals surface area contributed by atoms with Gasteiger partial charge < -0.3 is 5.11 Å². The van der Waals surface area contributed by atoms with Crippen LogP contribution in [-0.4, -0.2) is 17.0 Å². The van der Waals surface area contributed by atoms with E-state index in [0.717, 1.165) is 12.8 Å². The van der Waals surface area contributed by atoms with Crippen LogP contribution in [0.5, 0.6) is 0 Å². The highest BCUT2D eigenvalue weighted by Gasteiger charge is 2.43. The summed E-state index contributed by atoms with van der Waals surface area (Å²) < 4.78 is 0. The smallest absolute Gasteiger partial charge is 0.165 e. The van der Waals surface area contributed by atoms with Gasteiger partial charge in [-0.1, -0.05) is 32.9 Å². The van der Waals surface area contributed by atoms with E-state index < -0.39 is 6.10 Å². The average Bonchev–Trinajstić information content (AvgIpc) is 2.74. The molecular formula is C13H20O2. The summed E-state index contributed by atoms with van der Waals surface area (Å²) in [6.45, 7) is 5.75. The third-order valence-electron chi connectivity index (χ3n) is 3.73. The lowest BCUT2D eigenvalue weighted by Gasteiger charge is -2.28. The van der Waals surface area contributed by atoms with E-state index in [1.807, 2.05) is 20.8 Å². The maximum atomic E-state index is 12.1. The van der Waals surface area contributed by atoms with Gasteiger partial charge in [-0.3, -0.25) is 4.79 Å². The first-order valence-corrected chi connectivity index (χ1v) is 5.79. The first-order valence-electron chi connectivity index (χ1n) is 5.79. The molecule has 2 bridgehead atoms. The molecule has 2 aliphatic rings. The van der Waals surface area contributed by atoms with Gasteiger partial charge in [-0.2, -0.15) is 0 Å². The van der Waals surface area contributed by atoms with Crippen molar-refractivity contribution in [3.63, 3.8) is 0 Å². The first-order chi connectivity index (χ1) is 6.89. The fourth-order valence-corrected chi connectivity index (χ4v) is 2.74. The molecule has 0 aromatic heterocycles. The summed E-state index contributed by atoms with van der Waals surface area (Å²) in [5.41, 5.74) is -0.331. The van der Waals surface area contributed by atoms with E-state index in [2.05, 4.69) is 12.2 Å². The topological polar surface area (TPSA) is 37.3 Å². The summed E-state index contributed by atoms with van der Waals surface area (Å²) >= 11 is 0. The third-order valence-corrected chi connectivity index (χ3v) is 3.73. The van der Waals surface area contributed by atoms with Gasteiger partial charge in [-0.15, -0.1) is 0 Å². The summed E-state index contributed by atoms with van der Waals surface area (Å²) in [6, 6.07) is 0. The van der Waals surface area contributed by atoms with E-state index in [-0.39, 0.29) is 17.1 Å². The zero-order valence-corrected chi connectivity index (χ0v) is 9.73. The minimum atomic E-state index is -0.810. The summed E-state index contributed by atoms with van der Waals surface area (Å²) in [5.74, 6) is 1.13. The van der Waals surface area contributed by atoms with E-state index in [1.165, 1.54) is 0 Å². The van der Waals surface area contributed by atoms with Crippen LogP contribution in [0.25, 0.3) is 0 Å². The van der Waals surface area contributed by atoms with Crippen molar-refractivity contribution >= 4 is 5.78 Å². The number of carbonyl (C=O) groups excluding carboxylic acids is 1. The van der Waals surface area contributed by atoms with Crippen LogP contribution in [0.15, 0.2) is 12.2 Å². The molecule has 15 heavy (non-hydrogen) atoms. The van der Waals surface area contributed by atoms with Crippen LogP contribution < -0.4 is 0 Å². The third kappa shape index (κ3) is 1.87. The molecule has 1 fully saturated rings. The van der Waals surface area contributed by atoms with E-state index >= 15 is 0 Å². The predicted molar refractivity (Wildman–Crippen MR) is 59.3 cm³/mol. The van der Waals surface area contributed by atoms with Crippen molar-refractivity contribution in [3.8, 4) is 0 Å². The molecule has 0 unspecified atom stereocenters. The molecule has 0 amide bonds. The van der Waals surface area contributed by atoms with Gasteiger partial charge in [0, 0.05) is 5.92 Å². The van der Waals surface area contributed by atoms with Crippen molar-refractivity contribution < 1.29 is 9.90 Å². The highest BCUT2D eigenvalue weighted by atomic mass is 16.3. The number of hydrogen-bond donors (Lipinski definition) is 1. The Morgan fingerprint density at radius 1 is 1.33 bits per heavy atom. The van der Waals surface area contributed by atoms with Crippen molar-refractivity contribution in [2.24, 2.45) is 23.2 Å². The second kappa shape index (κ2) is 3.44. The summed E-state index contributed by atoms with van der Waals surface area (Å²) in [6.07, 6.45) is 5.64. The highest BCUT2D eigenvalue weighted by molar-refractivity contribution is 5.86. The van der Waals surface area contributed by atoms with Crippen LogP contribution in [0.4, 0.5) is 0 Å². The Kier molecular flexibility index (Phi) is 2.50. The Balaban J connectivity index is 2.06. The molecule has 1 N–H and O–H groups in total. The van der Waals surface area contributed by atoms with Gasteiger partial charge >= 0.3 is 0 Å². The normalized spacial score (nSPS) is 35.9. The molecule has 2 heteroatoms. The van der Waals surface area contributed by atoms with E-state index in [1.54, 1.807) is 0 Å². The molecule has 84 valence electrons. The molecule has 0 aromatic carbocycles. The number of ketones is 1. The molecule has 0 heterocycles. The number of aliphatic hydroxyl groups is 1. The summed E-state index contributed by atoms with van der Waals surface area (Å²) in [4.78, 5) is 12.1. The average molecular weight is 208 g/mol. The van der Waals surface area contributed by atoms with Crippen molar-refractivity contribution in [1.29, 1.82) is 0 Å². The van der Waals surface area contributed by atoms with Crippen LogP contribution in [0.2, 0.25) is 0 Å². The van der Waals surface area contributed by atoms with Crippen molar-refractivity contribution in [1.82, 2.24) is 0 Å². The van der Waals surface area contributed by atoms with Crippen LogP contribution in [0.1, 0.15) is 33.6 Å². The van der Waals surface area contributed by atoms with Crippen LogP contribution in [-0.2, 0) is 4.79 Å². The number of Topliss-reactive ketones (excluding diaryl/α,β-unsaturated/α-hetero) is 1. The number of hydrogen-bond acceptors (Lipinski definition) is 2. The van der Waals surface area contributed by atoms with Gasteiger partial charge in [-0.05, 0) is 30.1 Å². The SMILES string of the molecule is CC(C)(C)[C@H](O)C(=O)[C@@H]1C[C@@H]2C=C[C@@H]1C2. The number of carbonyl (C=O) groups is 1. The zero-order chi connectivity index (χ0) is 11.2. The zero-order valence-electron chi connectivity index (χ0n) is 9.73. The quantitative estimate of drug-likeness (QED) is 0.706. The Labute approximate surface area is 91.4 Å². The predicted octanol–water partition coefficient (Wildman–Crippen LogP) is 2.17. The molecule has 0 saturated heterocycles. The Bertz CT molecular complexity index is 298. The van der Waals surface area contributed by atoms with Crippen molar-refractivity contribution in [2.75, 3.05) is 0 Å². The molecule has 2 nitrogen and oxygen atoms in total. The molecule has 0 spiro atoms. The second-order valence-corrected chi connectivity index (χ2v) is 6.06. The highest BCUT2D eigenvalue weighted by Crippen LogP contribution is 2.45. The fraction of sp³-hybridized carbons (Fsp3) is 0.769. The fourth-order valence-electron chi connectivity index (χ4n) is 2.74. The van der Waals surface area contributed by atoms with Gasteiger partial charge in [0.25, 0.3) is 0 Å². The lowest BCUT2D eigenvalue weighted by molar-refractivity contribution is -0.137. The summed E-state index contributed by atoms with van der Waals surface area (Å²) in [5, 5.41) is 9.97. The van der Waals surface area contributed by atoms with Gasteiger partial charge in [-0.25, -0.2) is 0 Å². The van der Waals surface area contributed by atoms with E-state index in [4.69, 9.17) is 0 Å². The largest absolute Gasteiger partial charge is 0.385 e. The molecule has 4 atom stereocenters. The van der Waals surface area contributed by atoms with Gasteiger partial charge in [0.1, 0.15) is 6.10 Å². The number of fused-ring (bicyclic) bond motifs is 2. The number of allylic oxidation sites excluding steroid dienone is 2. The lowest BCUT2D eigenvalue weighted by atomic mass is 9.78. The monoisotopic (exact) mass is 208 g/mol. The van der Waals surface area contributed by atoms with Crippen molar-refractivity contribution in [2.45, 2.75) is 39.7 Å². The maximum absolute atomic E-state index is 12.1. The molecular weight excluding hydrogens is 188 g/mol. The maximum Gasteiger partial charge on any atom is 0.165 e. The number of rotatable bonds is 2. The first kappa shape index (κ1) is 10.9. The Morgan fingerprint density at radius 3 is 2.40 bits per heavy atom. The molecule has 2 aliphatic carbocycles. The van der Waals surface area contributed by atoms with E-state index in [0.29, 0.717) is 11.8 Å². The number of aliphatic hydroxyl groups excluding tert-OH is 1. The van der Waals surface area contributed by atoms with Gasteiger partial charge in [0.2, 0.25) is 0 Å². The lowest BCUT2D eigenvalue weighted by Crippen LogP contribution is -2.39. The minimum Gasteiger partial charge on any atom is -0.385 e. The summed E-state index contributed by atoms with van der Waals surface area (Å²) in [7, 11) is 0. The standard InChI is InChI=1S/C13H20O2/c1-13(2,3)12(15)11(14)10-7-8-4-5-9(10)6-8/h4-5,8-10,12,15H,6-7H2,1-3H3/t8-,9-,10-,12-/m1/s1. The molecule has 2 rings (SSSR count). The molecule has 0 radical (unpaired) electrons. The van der Waals surface area contributed by atoms with Gasteiger partial charge in [0.05, 0.1) is 0 Å². The molecule has 0 aromatic rings. The van der Waals surface area contributed by atoms with Gasteiger partial charge in [0.15, 0.2) is 5.78 Å². The minimum absolute atomic E-state index is 0.0550. The molecule has 0 aliphatic heterocycles. The second-order valence-electron chi connectivity index (χ2n) is 6.06. The van der Waals surface area contributed by atoms with E-state index in [9.17, 15) is 9.90 Å². The Hall–Kier alpha value is -0.630.